The number of nitrogens with one attached hydrogen (secondary N) is 2. The molecular formula is C31H21FN6O. The van der Waals surface area contributed by atoms with E-state index in [0.29, 0.717) is 46.2 Å². The molecule has 3 aromatic carbocycles. The van der Waals surface area contributed by atoms with Crippen LogP contribution in [0.25, 0.3) is 55.8 Å². The summed E-state index contributed by atoms with van der Waals surface area (Å²) in [5.41, 5.74) is 6.79. The van der Waals surface area contributed by atoms with Crippen molar-refractivity contribution >= 4 is 22.1 Å². The SMILES string of the molecule is Fc1ccccc1-c1ccnc2nc(-c3n[nH]c4ccc(-c5cncc(OCc6ccccc6)c5)cc34)[nH]c12. The molecule has 0 unspecified atom stereocenters. The van der Waals surface area contributed by atoms with Crippen LogP contribution in [0.3, 0.4) is 0 Å². The number of aromatic amines is 2. The summed E-state index contributed by atoms with van der Waals surface area (Å²) in [6.07, 6.45) is 5.15. The minimum absolute atomic E-state index is 0.306. The molecule has 0 aliphatic heterocycles. The Bertz CT molecular complexity index is 1950. The van der Waals surface area contributed by atoms with Crippen LogP contribution in [0.1, 0.15) is 5.56 Å². The lowest BCUT2D eigenvalue weighted by Crippen LogP contribution is -1.95. The fraction of sp³-hybridized carbons (Fsp3) is 0.0323. The third-order valence-corrected chi connectivity index (χ3v) is 6.64. The zero-order chi connectivity index (χ0) is 26.2. The summed E-state index contributed by atoms with van der Waals surface area (Å²) in [5.74, 6) is 0.926. The number of benzene rings is 3. The second-order valence-electron chi connectivity index (χ2n) is 9.14. The van der Waals surface area contributed by atoms with Crippen molar-refractivity contribution in [2.45, 2.75) is 6.61 Å². The second-order valence-corrected chi connectivity index (χ2v) is 9.14. The molecule has 0 atom stereocenters. The van der Waals surface area contributed by atoms with Crippen LogP contribution in [-0.4, -0.2) is 30.1 Å². The summed E-state index contributed by atoms with van der Waals surface area (Å²) < 4.78 is 20.6. The molecular weight excluding hydrogens is 491 g/mol. The molecule has 0 saturated heterocycles. The van der Waals surface area contributed by atoms with E-state index in [0.717, 1.165) is 27.6 Å². The molecule has 0 fully saturated rings. The van der Waals surface area contributed by atoms with Gasteiger partial charge in [-0.25, -0.2) is 14.4 Å². The molecule has 0 radical (unpaired) electrons. The van der Waals surface area contributed by atoms with E-state index in [9.17, 15) is 4.39 Å². The van der Waals surface area contributed by atoms with Crippen molar-refractivity contribution in [2.24, 2.45) is 0 Å². The third kappa shape index (κ3) is 4.27. The lowest BCUT2D eigenvalue weighted by molar-refractivity contribution is 0.305. The van der Waals surface area contributed by atoms with Crippen LogP contribution < -0.4 is 4.74 Å². The third-order valence-electron chi connectivity index (χ3n) is 6.64. The molecule has 7 rings (SSSR count). The average Bonchev–Trinajstić information content (AvgIpc) is 3.61. The van der Waals surface area contributed by atoms with Crippen LogP contribution in [0, 0.1) is 5.82 Å². The van der Waals surface area contributed by atoms with Gasteiger partial charge in [-0.3, -0.25) is 10.1 Å². The first kappa shape index (κ1) is 22.8. The van der Waals surface area contributed by atoms with Gasteiger partial charge in [-0.2, -0.15) is 5.10 Å². The maximum Gasteiger partial charge on any atom is 0.178 e. The molecule has 7 nitrogen and oxygen atoms in total. The normalized spacial score (nSPS) is 11.3. The molecule has 4 aromatic heterocycles. The summed E-state index contributed by atoms with van der Waals surface area (Å²) in [4.78, 5) is 16.8. The Morgan fingerprint density at radius 2 is 1.69 bits per heavy atom. The maximum atomic E-state index is 14.6. The molecule has 4 heterocycles. The number of nitrogens with zero attached hydrogens (tertiary/aromatic N) is 4. The van der Waals surface area contributed by atoms with Crippen LogP contribution in [-0.2, 0) is 6.61 Å². The summed E-state index contributed by atoms with van der Waals surface area (Å²) in [6, 6.07) is 26.5. The molecule has 7 aromatic rings. The maximum absolute atomic E-state index is 14.6. The number of H-pyrrole nitrogens is 2. The highest BCUT2D eigenvalue weighted by atomic mass is 19.1. The lowest BCUT2D eigenvalue weighted by Gasteiger charge is -2.08. The van der Waals surface area contributed by atoms with Gasteiger partial charge < -0.3 is 9.72 Å². The van der Waals surface area contributed by atoms with Crippen molar-refractivity contribution in [2.75, 3.05) is 0 Å². The van der Waals surface area contributed by atoms with Crippen molar-refractivity contribution in [1.82, 2.24) is 30.1 Å². The number of ether oxygens (including phenoxy) is 1. The molecule has 39 heavy (non-hydrogen) atoms. The number of imidazole rings is 1. The zero-order valence-electron chi connectivity index (χ0n) is 20.6. The number of fused-ring (bicyclic) bond motifs is 2. The number of aromatic nitrogens is 6. The standard InChI is InChI=1S/C31H21FN6O/c32-26-9-5-4-8-23(26)24-12-13-34-30-28(24)35-31(36-30)29-25-15-20(10-11-27(25)37-38-29)21-14-22(17-33-16-21)39-18-19-6-2-1-3-7-19/h1-17H,18H2,(H,37,38)(H,34,35,36). The van der Waals surface area contributed by atoms with Gasteiger partial charge in [0.25, 0.3) is 0 Å². The number of rotatable bonds is 6. The highest BCUT2D eigenvalue weighted by Crippen LogP contribution is 2.33. The van der Waals surface area contributed by atoms with Crippen molar-refractivity contribution < 1.29 is 9.13 Å². The number of pyridine rings is 2. The molecule has 0 amide bonds. The van der Waals surface area contributed by atoms with Gasteiger partial charge >= 0.3 is 0 Å². The molecule has 0 aliphatic carbocycles. The number of halogens is 1. The van der Waals surface area contributed by atoms with Crippen molar-refractivity contribution in [1.29, 1.82) is 0 Å². The van der Waals surface area contributed by atoms with Crippen LogP contribution in [0.4, 0.5) is 4.39 Å². The highest BCUT2D eigenvalue weighted by Gasteiger charge is 2.17. The minimum atomic E-state index is -0.306. The first-order chi connectivity index (χ1) is 19.2. The van der Waals surface area contributed by atoms with E-state index in [1.165, 1.54) is 6.07 Å². The largest absolute Gasteiger partial charge is 0.487 e. The Kier molecular flexibility index (Phi) is 5.55. The number of hydrogen-bond acceptors (Lipinski definition) is 5. The van der Waals surface area contributed by atoms with E-state index in [-0.39, 0.29) is 5.82 Å². The highest BCUT2D eigenvalue weighted by molar-refractivity contribution is 5.97. The minimum Gasteiger partial charge on any atom is -0.487 e. The first-order valence-electron chi connectivity index (χ1n) is 12.4. The molecule has 188 valence electrons. The van der Waals surface area contributed by atoms with Gasteiger partial charge in [0.05, 0.1) is 17.2 Å². The van der Waals surface area contributed by atoms with Gasteiger partial charge in [-0.05, 0) is 41.5 Å². The Morgan fingerprint density at radius 1 is 0.821 bits per heavy atom. The van der Waals surface area contributed by atoms with Crippen LogP contribution in [0.2, 0.25) is 0 Å². The van der Waals surface area contributed by atoms with Gasteiger partial charge in [-0.15, -0.1) is 0 Å². The monoisotopic (exact) mass is 512 g/mol. The van der Waals surface area contributed by atoms with E-state index in [4.69, 9.17) is 4.74 Å². The lowest BCUT2D eigenvalue weighted by atomic mass is 10.0. The fourth-order valence-corrected chi connectivity index (χ4v) is 4.70. The molecule has 0 bridgehead atoms. The summed E-state index contributed by atoms with van der Waals surface area (Å²) >= 11 is 0. The summed E-state index contributed by atoms with van der Waals surface area (Å²) in [7, 11) is 0. The van der Waals surface area contributed by atoms with Crippen molar-refractivity contribution in [3.05, 3.63) is 115 Å². The molecule has 0 spiro atoms. The average molecular weight is 513 g/mol. The van der Waals surface area contributed by atoms with Crippen molar-refractivity contribution in [3.8, 4) is 39.5 Å². The number of hydrogen-bond donors (Lipinski definition) is 2. The zero-order valence-corrected chi connectivity index (χ0v) is 20.6. The second kappa shape index (κ2) is 9.50. The smallest absolute Gasteiger partial charge is 0.178 e. The Hall–Kier alpha value is -5.37. The first-order valence-corrected chi connectivity index (χ1v) is 12.4. The predicted molar refractivity (Wildman–Crippen MR) is 148 cm³/mol. The Labute approximate surface area is 222 Å². The molecule has 2 N–H and O–H groups in total. The molecule has 0 aliphatic rings. The molecule has 0 saturated carbocycles. The summed E-state index contributed by atoms with van der Waals surface area (Å²) in [6.45, 7) is 0.464. The topological polar surface area (TPSA) is 92.4 Å². The van der Waals surface area contributed by atoms with E-state index in [1.54, 1.807) is 36.7 Å². The van der Waals surface area contributed by atoms with Gasteiger partial charge in [0, 0.05) is 34.5 Å². The predicted octanol–water partition coefficient (Wildman–Crippen LogP) is 6.95. The van der Waals surface area contributed by atoms with Crippen LogP contribution in [0.5, 0.6) is 5.75 Å². The molecule has 8 heteroatoms. The Morgan fingerprint density at radius 3 is 2.59 bits per heavy atom. The Balaban J connectivity index is 1.25. The van der Waals surface area contributed by atoms with Crippen LogP contribution >= 0.6 is 0 Å². The van der Waals surface area contributed by atoms with E-state index >= 15 is 0 Å². The van der Waals surface area contributed by atoms with E-state index in [1.807, 2.05) is 60.8 Å². The van der Waals surface area contributed by atoms with Gasteiger partial charge in [0.2, 0.25) is 0 Å². The van der Waals surface area contributed by atoms with E-state index in [2.05, 4.69) is 30.1 Å². The van der Waals surface area contributed by atoms with Gasteiger partial charge in [-0.1, -0.05) is 54.6 Å². The van der Waals surface area contributed by atoms with Crippen LogP contribution in [0.15, 0.2) is 104 Å². The quantitative estimate of drug-likeness (QED) is 0.252. The fourth-order valence-electron chi connectivity index (χ4n) is 4.70. The van der Waals surface area contributed by atoms with Gasteiger partial charge in [0.1, 0.15) is 23.9 Å². The van der Waals surface area contributed by atoms with Gasteiger partial charge in [0.15, 0.2) is 11.5 Å². The van der Waals surface area contributed by atoms with E-state index < -0.39 is 0 Å². The van der Waals surface area contributed by atoms with Crippen molar-refractivity contribution in [3.63, 3.8) is 0 Å². The summed E-state index contributed by atoms with van der Waals surface area (Å²) in [5, 5.41) is 8.50.